The summed E-state index contributed by atoms with van der Waals surface area (Å²) >= 11 is 1.86. The van der Waals surface area contributed by atoms with E-state index in [0.717, 1.165) is 38.4 Å². The molecule has 0 aliphatic carbocycles. The second kappa shape index (κ2) is 8.24. The van der Waals surface area contributed by atoms with Gasteiger partial charge in [0.1, 0.15) is 5.82 Å². The van der Waals surface area contributed by atoms with Crippen LogP contribution in [-0.2, 0) is 20.0 Å². The lowest BCUT2D eigenvalue weighted by Gasteiger charge is -2.35. The van der Waals surface area contributed by atoms with Crippen LogP contribution in [-0.4, -0.2) is 39.1 Å². The van der Waals surface area contributed by atoms with Gasteiger partial charge in [0.25, 0.3) is 0 Å². The van der Waals surface area contributed by atoms with Crippen molar-refractivity contribution in [3.8, 4) is 0 Å². The number of thiazole rings is 1. The fourth-order valence-corrected chi connectivity index (χ4v) is 4.11. The highest BCUT2D eigenvalue weighted by molar-refractivity contribution is 7.11. The predicted octanol–water partition coefficient (Wildman–Crippen LogP) is 2.64. The van der Waals surface area contributed by atoms with Crippen molar-refractivity contribution in [1.82, 2.24) is 24.8 Å². The van der Waals surface area contributed by atoms with Gasteiger partial charge in [-0.25, -0.2) is 9.97 Å². The standard InChI is InChI=1S/C16H25N5S.ClH/c1-12(2)8-15-19-9-13(22-15)11-21-7-4-17-10-14(21)16-18-5-6-20(16)3;/h5-6,9,12,14,17H,4,7-8,10-11H2,1-3H3;1H. The van der Waals surface area contributed by atoms with Gasteiger partial charge in [-0.3, -0.25) is 4.90 Å². The van der Waals surface area contributed by atoms with Gasteiger partial charge in [-0.05, 0) is 5.92 Å². The Bertz CT molecular complexity index is 609. The maximum Gasteiger partial charge on any atom is 0.127 e. The quantitative estimate of drug-likeness (QED) is 0.895. The maximum absolute atomic E-state index is 4.58. The Morgan fingerprint density at radius 3 is 2.91 bits per heavy atom. The number of imidazole rings is 1. The number of hydrogen-bond donors (Lipinski definition) is 1. The van der Waals surface area contributed by atoms with Crippen LogP contribution < -0.4 is 5.32 Å². The summed E-state index contributed by atoms with van der Waals surface area (Å²) in [6, 6.07) is 0.337. The van der Waals surface area contributed by atoms with Gasteiger partial charge in [0, 0.05) is 63.1 Å². The van der Waals surface area contributed by atoms with Crippen molar-refractivity contribution in [3.63, 3.8) is 0 Å². The van der Waals surface area contributed by atoms with E-state index in [1.54, 1.807) is 0 Å². The van der Waals surface area contributed by atoms with Gasteiger partial charge in [0.05, 0.1) is 11.0 Å². The van der Waals surface area contributed by atoms with E-state index in [4.69, 9.17) is 0 Å². The molecule has 3 heterocycles. The van der Waals surface area contributed by atoms with Gasteiger partial charge >= 0.3 is 0 Å². The zero-order chi connectivity index (χ0) is 15.5. The van der Waals surface area contributed by atoms with Crippen LogP contribution in [0.3, 0.4) is 0 Å². The number of nitrogens with one attached hydrogen (secondary N) is 1. The van der Waals surface area contributed by atoms with Gasteiger partial charge in [-0.15, -0.1) is 23.7 Å². The third kappa shape index (κ3) is 4.53. The first-order chi connectivity index (χ1) is 10.6. The minimum absolute atomic E-state index is 0. The third-order valence-electron chi connectivity index (χ3n) is 4.05. The summed E-state index contributed by atoms with van der Waals surface area (Å²) in [5, 5.41) is 4.75. The van der Waals surface area contributed by atoms with E-state index in [-0.39, 0.29) is 12.4 Å². The molecule has 0 saturated carbocycles. The van der Waals surface area contributed by atoms with Crippen LogP contribution in [0.2, 0.25) is 0 Å². The van der Waals surface area contributed by atoms with Crippen molar-refractivity contribution in [2.75, 3.05) is 19.6 Å². The third-order valence-corrected chi connectivity index (χ3v) is 5.06. The van der Waals surface area contributed by atoms with E-state index in [2.05, 4.69) is 51.8 Å². The van der Waals surface area contributed by atoms with Crippen molar-refractivity contribution in [3.05, 3.63) is 34.3 Å². The Morgan fingerprint density at radius 2 is 2.22 bits per heavy atom. The monoisotopic (exact) mass is 355 g/mol. The van der Waals surface area contributed by atoms with Crippen molar-refractivity contribution < 1.29 is 0 Å². The summed E-state index contributed by atoms with van der Waals surface area (Å²) in [4.78, 5) is 13.0. The van der Waals surface area contributed by atoms with Crippen molar-refractivity contribution in [2.24, 2.45) is 13.0 Å². The molecule has 5 nitrogen and oxygen atoms in total. The van der Waals surface area contributed by atoms with Gasteiger partial charge < -0.3 is 9.88 Å². The molecule has 0 bridgehead atoms. The lowest BCUT2D eigenvalue weighted by Crippen LogP contribution is -2.46. The Balaban J connectivity index is 0.00000192. The highest BCUT2D eigenvalue weighted by atomic mass is 35.5. The summed E-state index contributed by atoms with van der Waals surface area (Å²) < 4.78 is 2.13. The molecule has 1 aliphatic heterocycles. The normalized spacial score (nSPS) is 19.0. The molecule has 1 unspecified atom stereocenters. The van der Waals surface area contributed by atoms with E-state index in [1.807, 2.05) is 23.7 Å². The summed E-state index contributed by atoms with van der Waals surface area (Å²) in [5.74, 6) is 1.80. The molecule has 1 saturated heterocycles. The minimum atomic E-state index is 0. The number of aryl methyl sites for hydroxylation is 1. The number of nitrogens with zero attached hydrogens (tertiary/aromatic N) is 4. The molecule has 0 radical (unpaired) electrons. The fraction of sp³-hybridized carbons (Fsp3) is 0.625. The Morgan fingerprint density at radius 1 is 1.39 bits per heavy atom. The van der Waals surface area contributed by atoms with Gasteiger partial charge in [0.15, 0.2) is 0 Å². The first kappa shape index (κ1) is 18.4. The zero-order valence-electron chi connectivity index (χ0n) is 14.0. The molecule has 1 N–H and O–H groups in total. The Hall–Kier alpha value is -0.950. The van der Waals surface area contributed by atoms with Gasteiger partial charge in [-0.2, -0.15) is 0 Å². The molecule has 1 atom stereocenters. The summed E-state index contributed by atoms with van der Waals surface area (Å²) in [5.41, 5.74) is 0. The number of hydrogen-bond acceptors (Lipinski definition) is 5. The van der Waals surface area contributed by atoms with Crippen LogP contribution in [0.4, 0.5) is 0 Å². The summed E-state index contributed by atoms with van der Waals surface area (Å²) in [6.07, 6.45) is 7.04. The van der Waals surface area contributed by atoms with E-state index in [0.29, 0.717) is 12.0 Å². The largest absolute Gasteiger partial charge is 0.337 e. The van der Waals surface area contributed by atoms with E-state index < -0.39 is 0 Å². The van der Waals surface area contributed by atoms with Crippen LogP contribution in [0.25, 0.3) is 0 Å². The maximum atomic E-state index is 4.58. The van der Waals surface area contributed by atoms with Crippen LogP contribution >= 0.6 is 23.7 Å². The molecule has 7 heteroatoms. The second-order valence-electron chi connectivity index (χ2n) is 6.41. The Labute approximate surface area is 148 Å². The highest BCUT2D eigenvalue weighted by Crippen LogP contribution is 2.25. The summed E-state index contributed by atoms with van der Waals surface area (Å²) in [7, 11) is 2.07. The fourth-order valence-electron chi connectivity index (χ4n) is 2.95. The number of rotatable bonds is 5. The molecule has 23 heavy (non-hydrogen) atoms. The van der Waals surface area contributed by atoms with Crippen LogP contribution in [0, 0.1) is 5.92 Å². The molecular formula is C16H26ClN5S. The number of halogens is 1. The second-order valence-corrected chi connectivity index (χ2v) is 7.60. The van der Waals surface area contributed by atoms with Crippen LogP contribution in [0.5, 0.6) is 0 Å². The Kier molecular flexibility index (Phi) is 6.59. The SMILES string of the molecule is CC(C)Cc1ncc(CN2CCNCC2c2nccn2C)s1.Cl. The van der Waals surface area contributed by atoms with E-state index in [9.17, 15) is 0 Å². The molecule has 2 aromatic heterocycles. The molecule has 0 spiro atoms. The summed E-state index contributed by atoms with van der Waals surface area (Å²) in [6.45, 7) is 8.51. The average Bonchev–Trinajstić information content (AvgIpc) is 3.08. The van der Waals surface area contributed by atoms with Gasteiger partial charge in [-0.1, -0.05) is 13.8 Å². The molecule has 2 aromatic rings. The lowest BCUT2D eigenvalue weighted by atomic mass is 10.1. The zero-order valence-corrected chi connectivity index (χ0v) is 15.7. The predicted molar refractivity (Wildman–Crippen MR) is 97.1 cm³/mol. The molecule has 1 fully saturated rings. The van der Waals surface area contributed by atoms with Gasteiger partial charge in [0.2, 0.25) is 0 Å². The number of piperazine rings is 1. The lowest BCUT2D eigenvalue weighted by molar-refractivity contribution is 0.146. The van der Waals surface area contributed by atoms with Crippen molar-refractivity contribution in [1.29, 1.82) is 0 Å². The first-order valence-corrected chi connectivity index (χ1v) is 8.80. The topological polar surface area (TPSA) is 46.0 Å². The minimum Gasteiger partial charge on any atom is -0.337 e. The molecule has 0 amide bonds. The highest BCUT2D eigenvalue weighted by Gasteiger charge is 2.27. The van der Waals surface area contributed by atoms with Crippen molar-refractivity contribution in [2.45, 2.75) is 32.9 Å². The molecule has 0 aromatic carbocycles. The molecular weight excluding hydrogens is 330 g/mol. The molecule has 128 valence electrons. The molecule has 3 rings (SSSR count). The number of aromatic nitrogens is 3. The van der Waals surface area contributed by atoms with E-state index in [1.165, 1.54) is 9.88 Å². The van der Waals surface area contributed by atoms with E-state index >= 15 is 0 Å². The van der Waals surface area contributed by atoms with Crippen LogP contribution in [0.1, 0.15) is 35.6 Å². The van der Waals surface area contributed by atoms with Crippen molar-refractivity contribution >= 4 is 23.7 Å². The van der Waals surface area contributed by atoms with Crippen LogP contribution in [0.15, 0.2) is 18.6 Å². The smallest absolute Gasteiger partial charge is 0.127 e. The average molecular weight is 356 g/mol. The first-order valence-electron chi connectivity index (χ1n) is 7.99. The molecule has 1 aliphatic rings.